The second kappa shape index (κ2) is 10.4. The van der Waals surface area contributed by atoms with E-state index in [9.17, 15) is 4.79 Å². The molecule has 0 unspecified atom stereocenters. The van der Waals surface area contributed by atoms with E-state index in [1.165, 1.54) is 0 Å². The summed E-state index contributed by atoms with van der Waals surface area (Å²) >= 11 is 0. The Morgan fingerprint density at radius 1 is 1.29 bits per heavy atom. The number of hydrogen-bond acceptors (Lipinski definition) is 4. The summed E-state index contributed by atoms with van der Waals surface area (Å²) in [5, 5.41) is 5.68. The smallest absolute Gasteiger partial charge is 0.234 e. The molecule has 14 heavy (non-hydrogen) atoms. The number of nitrogens with one attached hydrogen (secondary N) is 2. The quantitative estimate of drug-likeness (QED) is 0.491. The third-order valence-corrected chi connectivity index (χ3v) is 1.54. The zero-order valence-electron chi connectivity index (χ0n) is 8.97. The van der Waals surface area contributed by atoms with E-state index in [-0.39, 0.29) is 5.91 Å². The molecule has 0 bridgehead atoms. The third-order valence-electron chi connectivity index (χ3n) is 1.54. The van der Waals surface area contributed by atoms with Gasteiger partial charge in [-0.1, -0.05) is 0 Å². The first-order chi connectivity index (χ1) is 6.81. The predicted octanol–water partition coefficient (Wildman–Crippen LogP) is -0.625. The predicted molar refractivity (Wildman–Crippen MR) is 54.2 cm³/mol. The van der Waals surface area contributed by atoms with Gasteiger partial charge in [0.05, 0.1) is 19.8 Å². The van der Waals surface area contributed by atoms with Crippen LogP contribution in [0.25, 0.3) is 0 Å². The first-order valence-corrected chi connectivity index (χ1v) is 4.85. The second-order valence-corrected chi connectivity index (χ2v) is 2.72. The van der Waals surface area contributed by atoms with Gasteiger partial charge < -0.3 is 20.1 Å². The second-order valence-electron chi connectivity index (χ2n) is 2.72. The third kappa shape index (κ3) is 9.44. The van der Waals surface area contributed by atoms with Crippen molar-refractivity contribution >= 4 is 5.91 Å². The largest absolute Gasteiger partial charge is 0.383 e. The molecule has 0 aromatic heterocycles. The van der Waals surface area contributed by atoms with Gasteiger partial charge in [0.2, 0.25) is 5.91 Å². The van der Waals surface area contributed by atoms with Gasteiger partial charge in [0.15, 0.2) is 0 Å². The first kappa shape index (κ1) is 13.4. The number of carbonyl (C=O) groups excluding carboxylic acids is 1. The van der Waals surface area contributed by atoms with Crippen LogP contribution in [0.5, 0.6) is 0 Å². The van der Waals surface area contributed by atoms with Crippen molar-refractivity contribution in [2.24, 2.45) is 0 Å². The molecule has 1 amide bonds. The van der Waals surface area contributed by atoms with E-state index in [0.29, 0.717) is 39.5 Å². The van der Waals surface area contributed by atoms with Crippen LogP contribution in [0.15, 0.2) is 0 Å². The van der Waals surface area contributed by atoms with Crippen LogP contribution in [0.2, 0.25) is 0 Å². The number of methoxy groups -OCH3 is 1. The van der Waals surface area contributed by atoms with E-state index in [2.05, 4.69) is 10.6 Å². The average molecular weight is 204 g/mol. The van der Waals surface area contributed by atoms with Crippen molar-refractivity contribution in [2.75, 3.05) is 46.6 Å². The highest BCUT2D eigenvalue weighted by atomic mass is 16.5. The molecule has 5 nitrogen and oxygen atoms in total. The monoisotopic (exact) mass is 204 g/mol. The molecule has 0 aliphatic carbocycles. The van der Waals surface area contributed by atoms with Crippen LogP contribution in [0.3, 0.4) is 0 Å². The molecule has 84 valence electrons. The lowest BCUT2D eigenvalue weighted by Crippen LogP contribution is -2.36. The van der Waals surface area contributed by atoms with Gasteiger partial charge in [-0.3, -0.25) is 4.79 Å². The molecule has 0 saturated heterocycles. The van der Waals surface area contributed by atoms with Crippen molar-refractivity contribution in [1.29, 1.82) is 0 Å². The lowest BCUT2D eigenvalue weighted by Gasteiger charge is -2.05. The summed E-state index contributed by atoms with van der Waals surface area (Å²) in [6.45, 7) is 5.43. The Kier molecular flexibility index (Phi) is 9.95. The Morgan fingerprint density at radius 3 is 2.71 bits per heavy atom. The molecular formula is C9H20N2O3. The molecule has 0 rings (SSSR count). The van der Waals surface area contributed by atoms with Crippen molar-refractivity contribution in [3.63, 3.8) is 0 Å². The zero-order chi connectivity index (χ0) is 10.6. The van der Waals surface area contributed by atoms with Crippen LogP contribution in [0.4, 0.5) is 0 Å². The van der Waals surface area contributed by atoms with Gasteiger partial charge in [-0.15, -0.1) is 0 Å². The van der Waals surface area contributed by atoms with Gasteiger partial charge in [0.25, 0.3) is 0 Å². The van der Waals surface area contributed by atoms with Gasteiger partial charge in [-0.2, -0.15) is 0 Å². The Bertz CT molecular complexity index is 142. The molecule has 0 aliphatic heterocycles. The molecular weight excluding hydrogens is 184 g/mol. The average Bonchev–Trinajstić information content (AvgIpc) is 2.18. The summed E-state index contributed by atoms with van der Waals surface area (Å²) in [4.78, 5) is 11.1. The molecule has 0 spiro atoms. The summed E-state index contributed by atoms with van der Waals surface area (Å²) < 4.78 is 9.89. The summed E-state index contributed by atoms with van der Waals surface area (Å²) in [5.74, 6) is -0.0152. The Labute approximate surface area is 85.1 Å². The fourth-order valence-electron chi connectivity index (χ4n) is 0.846. The summed E-state index contributed by atoms with van der Waals surface area (Å²) in [6, 6.07) is 0. The molecule has 0 radical (unpaired) electrons. The number of rotatable bonds is 9. The maximum atomic E-state index is 11.1. The van der Waals surface area contributed by atoms with Crippen molar-refractivity contribution in [3.05, 3.63) is 0 Å². The van der Waals surface area contributed by atoms with E-state index in [0.717, 1.165) is 0 Å². The molecule has 0 aromatic carbocycles. The van der Waals surface area contributed by atoms with E-state index < -0.39 is 0 Å². The fourth-order valence-corrected chi connectivity index (χ4v) is 0.846. The minimum Gasteiger partial charge on any atom is -0.383 e. The van der Waals surface area contributed by atoms with Crippen LogP contribution in [0.1, 0.15) is 6.92 Å². The Morgan fingerprint density at radius 2 is 2.07 bits per heavy atom. The van der Waals surface area contributed by atoms with Gasteiger partial charge in [-0.05, 0) is 6.92 Å². The van der Waals surface area contributed by atoms with Crippen molar-refractivity contribution < 1.29 is 14.3 Å². The van der Waals surface area contributed by atoms with Crippen molar-refractivity contribution in [2.45, 2.75) is 6.92 Å². The first-order valence-electron chi connectivity index (χ1n) is 4.85. The highest BCUT2D eigenvalue weighted by Gasteiger charge is 1.98. The summed E-state index contributed by atoms with van der Waals surface area (Å²) in [6.07, 6.45) is 0. The normalized spacial score (nSPS) is 10.1. The van der Waals surface area contributed by atoms with Gasteiger partial charge in [-0.25, -0.2) is 0 Å². The van der Waals surface area contributed by atoms with Crippen molar-refractivity contribution in [1.82, 2.24) is 10.6 Å². The minimum atomic E-state index is -0.0152. The topological polar surface area (TPSA) is 59.6 Å². The van der Waals surface area contributed by atoms with E-state index in [1.54, 1.807) is 7.11 Å². The number of amides is 1. The summed E-state index contributed by atoms with van der Waals surface area (Å²) in [5.41, 5.74) is 0. The maximum Gasteiger partial charge on any atom is 0.234 e. The van der Waals surface area contributed by atoms with Crippen LogP contribution >= 0.6 is 0 Å². The SMILES string of the molecule is CCOCCNCC(=O)NCCOC. The molecule has 0 aliphatic rings. The van der Waals surface area contributed by atoms with Gasteiger partial charge in [0, 0.05) is 26.8 Å². The highest BCUT2D eigenvalue weighted by molar-refractivity contribution is 5.77. The van der Waals surface area contributed by atoms with Gasteiger partial charge in [0.1, 0.15) is 0 Å². The Balaban J connectivity index is 3.10. The van der Waals surface area contributed by atoms with Crippen LogP contribution in [-0.4, -0.2) is 52.5 Å². The molecule has 0 heterocycles. The van der Waals surface area contributed by atoms with E-state index in [1.807, 2.05) is 6.92 Å². The van der Waals surface area contributed by atoms with Crippen LogP contribution in [0, 0.1) is 0 Å². The molecule has 2 N–H and O–H groups in total. The molecule has 0 fully saturated rings. The lowest BCUT2D eigenvalue weighted by atomic mass is 10.5. The van der Waals surface area contributed by atoms with Crippen LogP contribution in [-0.2, 0) is 14.3 Å². The lowest BCUT2D eigenvalue weighted by molar-refractivity contribution is -0.120. The number of hydrogen-bond donors (Lipinski definition) is 2. The van der Waals surface area contributed by atoms with E-state index in [4.69, 9.17) is 9.47 Å². The van der Waals surface area contributed by atoms with Crippen molar-refractivity contribution in [3.8, 4) is 0 Å². The molecule has 0 aromatic rings. The molecule has 5 heteroatoms. The highest BCUT2D eigenvalue weighted by Crippen LogP contribution is 1.71. The summed E-state index contributed by atoms with van der Waals surface area (Å²) in [7, 11) is 1.60. The standard InChI is InChI=1S/C9H20N2O3/c1-3-14-7-4-10-8-9(12)11-5-6-13-2/h10H,3-8H2,1-2H3,(H,11,12). The van der Waals surface area contributed by atoms with Gasteiger partial charge >= 0.3 is 0 Å². The molecule has 0 saturated carbocycles. The fraction of sp³-hybridized carbons (Fsp3) is 0.889. The number of ether oxygens (including phenoxy) is 2. The maximum absolute atomic E-state index is 11.1. The minimum absolute atomic E-state index is 0.0152. The van der Waals surface area contributed by atoms with Crippen LogP contribution < -0.4 is 10.6 Å². The van der Waals surface area contributed by atoms with E-state index >= 15 is 0 Å². The number of carbonyl (C=O) groups is 1. The molecule has 0 atom stereocenters. The zero-order valence-corrected chi connectivity index (χ0v) is 8.97. The Hall–Kier alpha value is -0.650.